The monoisotopic (exact) mass is 389 g/mol. The van der Waals surface area contributed by atoms with E-state index in [9.17, 15) is 4.79 Å². The van der Waals surface area contributed by atoms with E-state index in [1.807, 2.05) is 32.2 Å². The van der Waals surface area contributed by atoms with Crippen LogP contribution in [0.5, 0.6) is 0 Å². The van der Waals surface area contributed by atoms with Crippen molar-refractivity contribution >= 4 is 40.1 Å². The fraction of sp³-hybridized carbons (Fsp3) is 0.368. The van der Waals surface area contributed by atoms with E-state index in [4.69, 9.17) is 16.3 Å². The maximum Gasteiger partial charge on any atom is 0.410 e. The Hall–Kier alpha value is -2.05. The summed E-state index contributed by atoms with van der Waals surface area (Å²) in [6.07, 6.45) is 0.461. The lowest BCUT2D eigenvalue weighted by atomic mass is 9.99. The molecule has 7 heteroatoms. The van der Waals surface area contributed by atoms with Crippen LogP contribution in [0.4, 0.5) is 4.79 Å². The molecule has 26 heavy (non-hydrogen) atoms. The van der Waals surface area contributed by atoms with Crippen molar-refractivity contribution in [2.24, 2.45) is 0 Å². The molecule has 0 unspecified atom stereocenters. The molecule has 0 saturated carbocycles. The summed E-state index contributed by atoms with van der Waals surface area (Å²) in [6.45, 7) is 6.77. The van der Waals surface area contributed by atoms with Crippen LogP contribution in [-0.2, 0) is 17.7 Å². The molecule has 4 rings (SSSR count). The second-order valence-electron chi connectivity index (χ2n) is 7.46. The van der Waals surface area contributed by atoms with E-state index in [-0.39, 0.29) is 6.09 Å². The van der Waals surface area contributed by atoms with E-state index >= 15 is 0 Å². The number of carbonyl (C=O) groups is 1. The summed E-state index contributed by atoms with van der Waals surface area (Å²) in [5.41, 5.74) is 4.64. The summed E-state index contributed by atoms with van der Waals surface area (Å²) in [5.74, 6) is 0. The van der Waals surface area contributed by atoms with Crippen LogP contribution in [0.2, 0.25) is 5.15 Å². The highest BCUT2D eigenvalue weighted by Gasteiger charge is 2.29. The van der Waals surface area contributed by atoms with Gasteiger partial charge in [0, 0.05) is 29.6 Å². The van der Waals surface area contributed by atoms with Gasteiger partial charge in [-0.3, -0.25) is 0 Å². The number of carbonyl (C=O) groups excluding carboxylic acids is 1. The maximum absolute atomic E-state index is 12.5. The van der Waals surface area contributed by atoms with E-state index in [0.717, 1.165) is 39.8 Å². The van der Waals surface area contributed by atoms with Crippen LogP contribution in [-0.4, -0.2) is 33.1 Å². The van der Waals surface area contributed by atoms with Crippen molar-refractivity contribution in [3.05, 3.63) is 39.3 Å². The Kier molecular flexibility index (Phi) is 4.20. The fourth-order valence-electron chi connectivity index (χ4n) is 3.31. The third-order valence-corrected chi connectivity index (χ3v) is 5.26. The highest BCUT2D eigenvalue weighted by molar-refractivity contribution is 7.08. The SMILES string of the molecule is CC(C)(C)OC(=O)N1CCc2[nH]c3nc(Cl)cc(-c4ccsc4)c3c2C1. The lowest BCUT2D eigenvalue weighted by molar-refractivity contribution is 0.0224. The van der Waals surface area contributed by atoms with Gasteiger partial charge in [-0.05, 0) is 54.8 Å². The number of nitrogens with zero attached hydrogens (tertiary/aromatic N) is 2. The van der Waals surface area contributed by atoms with Gasteiger partial charge in [-0.2, -0.15) is 11.3 Å². The van der Waals surface area contributed by atoms with Crippen molar-refractivity contribution < 1.29 is 9.53 Å². The summed E-state index contributed by atoms with van der Waals surface area (Å²) in [5, 5.41) is 5.64. The Morgan fingerprint density at radius 3 is 2.92 bits per heavy atom. The summed E-state index contributed by atoms with van der Waals surface area (Å²) in [6, 6.07) is 3.97. The minimum absolute atomic E-state index is 0.281. The van der Waals surface area contributed by atoms with Crippen molar-refractivity contribution in [3.63, 3.8) is 0 Å². The number of aromatic nitrogens is 2. The largest absolute Gasteiger partial charge is 0.444 e. The van der Waals surface area contributed by atoms with Gasteiger partial charge in [0.25, 0.3) is 0 Å². The lowest BCUT2D eigenvalue weighted by Gasteiger charge is -2.30. The van der Waals surface area contributed by atoms with Gasteiger partial charge in [0.05, 0.1) is 6.54 Å². The molecule has 1 aliphatic heterocycles. The Labute approximate surface area is 160 Å². The first-order valence-corrected chi connectivity index (χ1v) is 9.84. The first-order chi connectivity index (χ1) is 12.3. The van der Waals surface area contributed by atoms with Crippen LogP contribution in [0.3, 0.4) is 0 Å². The lowest BCUT2D eigenvalue weighted by Crippen LogP contribution is -2.39. The Bertz CT molecular complexity index is 973. The molecule has 0 radical (unpaired) electrons. The molecule has 4 heterocycles. The van der Waals surface area contributed by atoms with Crippen molar-refractivity contribution in [2.75, 3.05) is 6.54 Å². The van der Waals surface area contributed by atoms with Gasteiger partial charge in [0.2, 0.25) is 0 Å². The van der Waals surface area contributed by atoms with Crippen molar-refractivity contribution in [2.45, 2.75) is 39.3 Å². The zero-order chi connectivity index (χ0) is 18.5. The van der Waals surface area contributed by atoms with Gasteiger partial charge < -0.3 is 14.6 Å². The number of hydrogen-bond acceptors (Lipinski definition) is 4. The number of ether oxygens (including phenoxy) is 1. The number of nitrogens with one attached hydrogen (secondary N) is 1. The van der Waals surface area contributed by atoms with E-state index in [2.05, 4.69) is 21.4 Å². The standard InChI is InChI=1S/C19H20ClN3O2S/c1-19(2,3)25-18(24)23-6-4-14-13(9-23)16-12(11-5-7-26-10-11)8-15(20)22-17(16)21-14/h5,7-8,10H,4,6,9H2,1-3H3,(H,21,22). The van der Waals surface area contributed by atoms with E-state index in [0.29, 0.717) is 18.2 Å². The highest BCUT2D eigenvalue weighted by atomic mass is 35.5. The molecule has 136 valence electrons. The number of amides is 1. The highest BCUT2D eigenvalue weighted by Crippen LogP contribution is 2.37. The van der Waals surface area contributed by atoms with Gasteiger partial charge in [-0.1, -0.05) is 11.6 Å². The van der Waals surface area contributed by atoms with Gasteiger partial charge in [-0.15, -0.1) is 0 Å². The molecule has 1 amide bonds. The molecule has 0 atom stereocenters. The van der Waals surface area contributed by atoms with Crippen molar-refractivity contribution in [1.29, 1.82) is 0 Å². The molecule has 3 aromatic rings. The minimum atomic E-state index is -0.505. The third-order valence-electron chi connectivity index (χ3n) is 4.39. The summed E-state index contributed by atoms with van der Waals surface area (Å²) in [4.78, 5) is 22.1. The third kappa shape index (κ3) is 3.19. The molecule has 0 aliphatic carbocycles. The number of hydrogen-bond donors (Lipinski definition) is 1. The summed E-state index contributed by atoms with van der Waals surface area (Å²) in [7, 11) is 0. The van der Waals surface area contributed by atoms with Crippen LogP contribution in [0.1, 0.15) is 32.0 Å². The van der Waals surface area contributed by atoms with Crippen LogP contribution in [0.15, 0.2) is 22.9 Å². The average molecular weight is 390 g/mol. The number of halogens is 1. The molecule has 0 saturated heterocycles. The summed E-state index contributed by atoms with van der Waals surface area (Å²) >= 11 is 7.89. The molecule has 1 N–H and O–H groups in total. The van der Waals surface area contributed by atoms with E-state index < -0.39 is 5.60 Å². The second-order valence-corrected chi connectivity index (χ2v) is 8.63. The van der Waals surface area contributed by atoms with E-state index in [1.54, 1.807) is 16.2 Å². The molecule has 5 nitrogen and oxygen atoms in total. The van der Waals surface area contributed by atoms with Crippen LogP contribution < -0.4 is 0 Å². The molecular formula is C19H20ClN3O2S. The zero-order valence-corrected chi connectivity index (χ0v) is 16.5. The van der Waals surface area contributed by atoms with Gasteiger partial charge in [0.15, 0.2) is 0 Å². The smallest absolute Gasteiger partial charge is 0.410 e. The topological polar surface area (TPSA) is 58.2 Å². The summed E-state index contributed by atoms with van der Waals surface area (Å²) < 4.78 is 5.54. The normalized spacial score (nSPS) is 14.5. The van der Waals surface area contributed by atoms with Crippen LogP contribution in [0, 0.1) is 0 Å². The van der Waals surface area contributed by atoms with Gasteiger partial charge in [-0.25, -0.2) is 9.78 Å². The van der Waals surface area contributed by atoms with Gasteiger partial charge in [0.1, 0.15) is 16.4 Å². The molecule has 0 bridgehead atoms. The predicted octanol–water partition coefficient (Wildman–Crippen LogP) is 5.24. The van der Waals surface area contributed by atoms with Gasteiger partial charge >= 0.3 is 6.09 Å². The molecule has 3 aromatic heterocycles. The number of rotatable bonds is 1. The predicted molar refractivity (Wildman–Crippen MR) is 105 cm³/mol. The number of aromatic amines is 1. The molecule has 0 aromatic carbocycles. The number of H-pyrrole nitrogens is 1. The quantitative estimate of drug-likeness (QED) is 0.579. The molecule has 0 spiro atoms. The van der Waals surface area contributed by atoms with Crippen molar-refractivity contribution in [1.82, 2.24) is 14.9 Å². The number of thiophene rings is 1. The second kappa shape index (κ2) is 6.28. The van der Waals surface area contributed by atoms with Crippen LogP contribution >= 0.6 is 22.9 Å². The first kappa shape index (κ1) is 17.4. The molecule has 0 fully saturated rings. The van der Waals surface area contributed by atoms with Crippen molar-refractivity contribution in [3.8, 4) is 11.1 Å². The zero-order valence-electron chi connectivity index (χ0n) is 14.9. The Morgan fingerprint density at radius 1 is 1.42 bits per heavy atom. The Morgan fingerprint density at radius 2 is 2.23 bits per heavy atom. The first-order valence-electron chi connectivity index (χ1n) is 8.52. The number of pyridine rings is 1. The average Bonchev–Trinajstić information content (AvgIpc) is 3.19. The molecular weight excluding hydrogens is 370 g/mol. The maximum atomic E-state index is 12.5. The van der Waals surface area contributed by atoms with Crippen LogP contribution in [0.25, 0.3) is 22.2 Å². The number of fused-ring (bicyclic) bond motifs is 3. The van der Waals surface area contributed by atoms with E-state index in [1.165, 1.54) is 0 Å². The fourth-order valence-corrected chi connectivity index (χ4v) is 4.16. The molecule has 1 aliphatic rings. The minimum Gasteiger partial charge on any atom is -0.444 e. The Balaban J connectivity index is 1.77.